The molecule has 0 spiro atoms. The molecule has 1 aliphatic carbocycles. The summed E-state index contributed by atoms with van der Waals surface area (Å²) < 4.78 is 0. The van der Waals surface area contributed by atoms with Gasteiger partial charge < -0.3 is 5.32 Å². The predicted octanol–water partition coefficient (Wildman–Crippen LogP) is 4.70. The number of hydrogen-bond donors (Lipinski definition) is 1. The monoisotopic (exact) mass is 300 g/mol. The molecule has 1 aromatic heterocycles. The van der Waals surface area contributed by atoms with E-state index in [0.717, 1.165) is 18.2 Å². The number of nitrogens with one attached hydrogen (secondary N) is 1. The van der Waals surface area contributed by atoms with Crippen LogP contribution in [0.1, 0.15) is 55.0 Å². The highest BCUT2D eigenvalue weighted by atomic mass is 35.5. The van der Waals surface area contributed by atoms with Crippen molar-refractivity contribution >= 4 is 11.6 Å². The zero-order chi connectivity index (χ0) is 14.7. The van der Waals surface area contributed by atoms with Crippen molar-refractivity contribution in [1.82, 2.24) is 10.3 Å². The lowest BCUT2D eigenvalue weighted by Gasteiger charge is -2.30. The van der Waals surface area contributed by atoms with Crippen molar-refractivity contribution in [1.29, 1.82) is 0 Å². The van der Waals surface area contributed by atoms with Crippen molar-refractivity contribution in [3.8, 4) is 0 Å². The van der Waals surface area contributed by atoms with Gasteiger partial charge in [-0.05, 0) is 48.6 Å². The zero-order valence-corrected chi connectivity index (χ0v) is 13.1. The maximum Gasteiger partial charge on any atom is 0.0754 e. The van der Waals surface area contributed by atoms with E-state index in [2.05, 4.69) is 41.5 Å². The molecule has 1 unspecified atom stereocenters. The Kier molecular flexibility index (Phi) is 4.57. The molecule has 1 aromatic carbocycles. The number of nitrogens with zero attached hydrogens (tertiary/aromatic N) is 1. The molecular weight excluding hydrogens is 280 g/mol. The van der Waals surface area contributed by atoms with Gasteiger partial charge in [-0.1, -0.05) is 49.2 Å². The van der Waals surface area contributed by atoms with Gasteiger partial charge in [0.25, 0.3) is 0 Å². The Bertz CT molecular complexity index is 590. The van der Waals surface area contributed by atoms with Crippen LogP contribution in [-0.4, -0.2) is 11.5 Å². The molecule has 0 bridgehead atoms. The Morgan fingerprint density at radius 1 is 1.24 bits per heavy atom. The maximum absolute atomic E-state index is 5.97. The van der Waals surface area contributed by atoms with Gasteiger partial charge in [-0.15, -0.1) is 0 Å². The molecule has 1 atom stereocenters. The summed E-state index contributed by atoms with van der Waals surface area (Å²) in [7, 11) is 0. The quantitative estimate of drug-likeness (QED) is 0.865. The Hall–Kier alpha value is -1.38. The fraction of sp³-hybridized carbons (Fsp3) is 0.389. The molecule has 21 heavy (non-hydrogen) atoms. The van der Waals surface area contributed by atoms with E-state index < -0.39 is 0 Å². The summed E-state index contributed by atoms with van der Waals surface area (Å²) in [6.07, 6.45) is 5.70. The van der Waals surface area contributed by atoms with Crippen molar-refractivity contribution in [3.63, 3.8) is 0 Å². The largest absolute Gasteiger partial charge is 0.305 e. The molecule has 3 heteroatoms. The van der Waals surface area contributed by atoms with Crippen LogP contribution < -0.4 is 5.32 Å². The summed E-state index contributed by atoms with van der Waals surface area (Å²) in [4.78, 5) is 4.52. The topological polar surface area (TPSA) is 24.9 Å². The van der Waals surface area contributed by atoms with Crippen molar-refractivity contribution < 1.29 is 0 Å². The summed E-state index contributed by atoms with van der Waals surface area (Å²) in [5.41, 5.74) is 3.87. The standard InChI is InChI=1S/C18H21ClN2/c1-2-20-18(17-11-10-14(19)12-21-17)16-9-4-3-8-15(16)13-6-5-7-13/h3-4,8-13,18,20H,2,5-7H2,1H3. The molecule has 110 valence electrons. The van der Waals surface area contributed by atoms with Crippen molar-refractivity contribution in [2.75, 3.05) is 6.54 Å². The highest BCUT2D eigenvalue weighted by molar-refractivity contribution is 6.30. The van der Waals surface area contributed by atoms with Crippen LogP contribution in [0, 0.1) is 0 Å². The number of pyridine rings is 1. The van der Waals surface area contributed by atoms with Crippen molar-refractivity contribution in [3.05, 3.63) is 64.4 Å². The molecule has 2 aromatic rings. The molecule has 2 nitrogen and oxygen atoms in total. The molecule has 1 fully saturated rings. The maximum atomic E-state index is 5.97. The van der Waals surface area contributed by atoms with Crippen molar-refractivity contribution in [2.45, 2.75) is 38.1 Å². The summed E-state index contributed by atoms with van der Waals surface area (Å²) >= 11 is 5.97. The Labute approximate surface area is 131 Å². The first-order chi connectivity index (χ1) is 10.3. The third-order valence-electron chi connectivity index (χ3n) is 4.31. The van der Waals surface area contributed by atoms with Gasteiger partial charge in [0, 0.05) is 6.20 Å². The Balaban J connectivity index is 1.99. The van der Waals surface area contributed by atoms with E-state index in [4.69, 9.17) is 11.6 Å². The summed E-state index contributed by atoms with van der Waals surface area (Å²) in [6, 6.07) is 12.9. The third-order valence-corrected chi connectivity index (χ3v) is 4.53. The van der Waals surface area contributed by atoms with Crippen molar-refractivity contribution in [2.24, 2.45) is 0 Å². The summed E-state index contributed by atoms with van der Waals surface area (Å²) in [6.45, 7) is 3.04. The van der Waals surface area contributed by atoms with Crippen LogP contribution in [0.15, 0.2) is 42.6 Å². The van der Waals surface area contributed by atoms with Crippen LogP contribution >= 0.6 is 11.6 Å². The SMILES string of the molecule is CCNC(c1ccc(Cl)cn1)c1ccccc1C1CCC1. The van der Waals surface area contributed by atoms with E-state index >= 15 is 0 Å². The Morgan fingerprint density at radius 3 is 2.67 bits per heavy atom. The molecule has 0 amide bonds. The smallest absolute Gasteiger partial charge is 0.0754 e. The van der Waals surface area contributed by atoms with Gasteiger partial charge in [0.2, 0.25) is 0 Å². The molecule has 0 saturated heterocycles. The van der Waals surface area contributed by atoms with E-state index in [1.165, 1.54) is 30.4 Å². The van der Waals surface area contributed by atoms with Crippen LogP contribution in [0.3, 0.4) is 0 Å². The van der Waals surface area contributed by atoms with Gasteiger partial charge in [0.1, 0.15) is 0 Å². The Morgan fingerprint density at radius 2 is 2.05 bits per heavy atom. The molecule has 1 saturated carbocycles. The zero-order valence-electron chi connectivity index (χ0n) is 12.3. The molecule has 0 aliphatic heterocycles. The minimum atomic E-state index is 0.143. The van der Waals surface area contributed by atoms with E-state index in [0.29, 0.717) is 5.02 Å². The second kappa shape index (κ2) is 6.59. The minimum absolute atomic E-state index is 0.143. The predicted molar refractivity (Wildman–Crippen MR) is 87.8 cm³/mol. The molecule has 1 N–H and O–H groups in total. The minimum Gasteiger partial charge on any atom is -0.305 e. The first kappa shape index (κ1) is 14.6. The van der Waals surface area contributed by atoms with Crippen LogP contribution in [0.5, 0.6) is 0 Å². The van der Waals surface area contributed by atoms with Gasteiger partial charge in [0.15, 0.2) is 0 Å². The first-order valence-electron chi connectivity index (χ1n) is 7.73. The van der Waals surface area contributed by atoms with E-state index in [1.54, 1.807) is 6.20 Å². The van der Waals surface area contributed by atoms with Gasteiger partial charge >= 0.3 is 0 Å². The van der Waals surface area contributed by atoms with E-state index in [9.17, 15) is 0 Å². The van der Waals surface area contributed by atoms with Gasteiger partial charge in [-0.25, -0.2) is 0 Å². The van der Waals surface area contributed by atoms with Crippen LogP contribution in [0.2, 0.25) is 5.02 Å². The average Bonchev–Trinajstić information content (AvgIpc) is 2.45. The third kappa shape index (κ3) is 3.12. The number of hydrogen-bond acceptors (Lipinski definition) is 2. The number of benzene rings is 1. The molecule has 1 heterocycles. The highest BCUT2D eigenvalue weighted by Crippen LogP contribution is 2.40. The lowest BCUT2D eigenvalue weighted by molar-refractivity contribution is 0.414. The molecule has 1 aliphatic rings. The van der Waals surface area contributed by atoms with Gasteiger partial charge in [0.05, 0.1) is 16.8 Å². The molecule has 3 rings (SSSR count). The van der Waals surface area contributed by atoms with Crippen LogP contribution in [0.25, 0.3) is 0 Å². The van der Waals surface area contributed by atoms with Crippen LogP contribution in [0.4, 0.5) is 0 Å². The summed E-state index contributed by atoms with van der Waals surface area (Å²) in [5, 5.41) is 4.25. The van der Waals surface area contributed by atoms with Gasteiger partial charge in [-0.2, -0.15) is 0 Å². The molecule has 0 radical (unpaired) electrons. The fourth-order valence-electron chi connectivity index (χ4n) is 3.00. The second-order valence-corrected chi connectivity index (χ2v) is 6.09. The van der Waals surface area contributed by atoms with E-state index in [1.807, 2.05) is 12.1 Å². The number of rotatable bonds is 5. The van der Waals surface area contributed by atoms with Gasteiger partial charge in [-0.3, -0.25) is 4.98 Å². The van der Waals surface area contributed by atoms with Crippen LogP contribution in [-0.2, 0) is 0 Å². The molecular formula is C18H21ClN2. The lowest BCUT2D eigenvalue weighted by atomic mass is 9.77. The lowest BCUT2D eigenvalue weighted by Crippen LogP contribution is -2.25. The normalized spacial score (nSPS) is 16.5. The number of aromatic nitrogens is 1. The first-order valence-corrected chi connectivity index (χ1v) is 8.11. The average molecular weight is 301 g/mol. The summed E-state index contributed by atoms with van der Waals surface area (Å²) in [5.74, 6) is 0.717. The second-order valence-electron chi connectivity index (χ2n) is 5.65. The highest BCUT2D eigenvalue weighted by Gasteiger charge is 2.25. The van der Waals surface area contributed by atoms with E-state index in [-0.39, 0.29) is 6.04 Å². The fourth-order valence-corrected chi connectivity index (χ4v) is 3.11. The number of halogens is 1.